The van der Waals surface area contributed by atoms with Crippen molar-refractivity contribution >= 4 is 17.1 Å². The van der Waals surface area contributed by atoms with Gasteiger partial charge < -0.3 is 4.90 Å². The topological polar surface area (TPSA) is 3.24 Å². The standard InChI is InChI=1S/C72H57N/c1-43(45-28-33-54-49-18-8-13-23-59(49)69(2,3)66(54)39-45)44-29-36-64-57(38-44)58-40-46(32-37-65(58)72(64)62-26-16-11-21-52(62)53-22-12-17-27-63(53)72)73(47-30-34-55-50-19-9-14-24-60(50)70(4,5)67(55)41-47)48-31-35-56-51-20-10-15-25-61(51)71(6,7)68(56)42-48/h8-43H,1-7H3. The third kappa shape index (κ3) is 5.47. The fraction of sp³-hybridized carbons (Fsp3) is 0.167. The molecule has 0 bridgehead atoms. The summed E-state index contributed by atoms with van der Waals surface area (Å²) in [5, 5.41) is 0. The number of rotatable bonds is 5. The van der Waals surface area contributed by atoms with Crippen LogP contribution in [0.2, 0.25) is 0 Å². The second kappa shape index (κ2) is 14.6. The summed E-state index contributed by atoms with van der Waals surface area (Å²) in [6.07, 6.45) is 0. The van der Waals surface area contributed by atoms with Crippen LogP contribution in [0.3, 0.4) is 0 Å². The van der Waals surface area contributed by atoms with Gasteiger partial charge in [0.1, 0.15) is 0 Å². The number of fused-ring (bicyclic) bond motifs is 19. The molecule has 0 saturated carbocycles. The molecule has 73 heavy (non-hydrogen) atoms. The third-order valence-electron chi connectivity index (χ3n) is 18.6. The van der Waals surface area contributed by atoms with Crippen LogP contribution < -0.4 is 4.90 Å². The number of anilines is 3. The van der Waals surface area contributed by atoms with E-state index in [9.17, 15) is 0 Å². The lowest BCUT2D eigenvalue weighted by Crippen LogP contribution is -2.26. The maximum absolute atomic E-state index is 2.56. The lowest BCUT2D eigenvalue weighted by Gasteiger charge is -2.32. The number of benzene rings is 10. The lowest BCUT2D eigenvalue weighted by molar-refractivity contribution is 0.658. The SMILES string of the molecule is CC(c1ccc2c(c1)-c1cc(N(c3ccc4c(c3)C(C)(C)c3ccccc3-4)c3ccc4c(c3)C(C)(C)c3ccccc3-4)ccc1C21c2ccccc2-c2ccccc21)c1ccc2c(c1)C(C)(C)c1ccccc1-2. The number of hydrogen-bond acceptors (Lipinski definition) is 1. The van der Waals surface area contributed by atoms with Gasteiger partial charge in [-0.15, -0.1) is 0 Å². The van der Waals surface area contributed by atoms with Crippen LogP contribution in [0.1, 0.15) is 121 Å². The molecular formula is C72H57N. The molecule has 10 aromatic rings. The lowest BCUT2D eigenvalue weighted by atomic mass is 9.70. The highest BCUT2D eigenvalue weighted by atomic mass is 15.1. The van der Waals surface area contributed by atoms with Gasteiger partial charge in [-0.1, -0.05) is 224 Å². The monoisotopic (exact) mass is 935 g/mol. The molecule has 0 amide bonds. The summed E-state index contributed by atoms with van der Waals surface area (Å²) in [7, 11) is 0. The van der Waals surface area contributed by atoms with Gasteiger partial charge in [0.2, 0.25) is 0 Å². The molecule has 1 spiro atoms. The average molecular weight is 936 g/mol. The molecule has 5 aliphatic rings. The summed E-state index contributed by atoms with van der Waals surface area (Å²) >= 11 is 0. The molecule has 1 unspecified atom stereocenters. The van der Waals surface area contributed by atoms with Crippen LogP contribution in [0.15, 0.2) is 212 Å². The minimum atomic E-state index is -0.459. The molecule has 0 fully saturated rings. The molecule has 350 valence electrons. The zero-order valence-electron chi connectivity index (χ0n) is 42.7. The van der Waals surface area contributed by atoms with Crippen molar-refractivity contribution in [3.05, 3.63) is 279 Å². The first kappa shape index (κ1) is 42.7. The highest BCUT2D eigenvalue weighted by Crippen LogP contribution is 2.64. The molecule has 1 heteroatoms. The van der Waals surface area contributed by atoms with E-state index in [2.05, 4.69) is 266 Å². The fourth-order valence-electron chi connectivity index (χ4n) is 14.9. The second-order valence-electron chi connectivity index (χ2n) is 23.2. The van der Waals surface area contributed by atoms with Crippen LogP contribution in [0.4, 0.5) is 17.1 Å². The predicted molar refractivity (Wildman–Crippen MR) is 304 cm³/mol. The second-order valence-corrected chi connectivity index (χ2v) is 23.2. The Morgan fingerprint density at radius 2 is 0.562 bits per heavy atom. The van der Waals surface area contributed by atoms with Gasteiger partial charge in [-0.25, -0.2) is 0 Å². The van der Waals surface area contributed by atoms with Crippen molar-refractivity contribution < 1.29 is 0 Å². The van der Waals surface area contributed by atoms with E-state index in [4.69, 9.17) is 0 Å². The van der Waals surface area contributed by atoms with E-state index >= 15 is 0 Å². The Hall–Kier alpha value is -8.00. The van der Waals surface area contributed by atoms with E-state index in [0.29, 0.717) is 0 Å². The first-order valence-corrected chi connectivity index (χ1v) is 26.4. The van der Waals surface area contributed by atoms with E-state index in [1.165, 1.54) is 134 Å². The molecule has 0 radical (unpaired) electrons. The van der Waals surface area contributed by atoms with Crippen LogP contribution in [-0.2, 0) is 21.7 Å². The number of nitrogens with zero attached hydrogens (tertiary/aromatic N) is 1. The van der Waals surface area contributed by atoms with Gasteiger partial charge in [-0.2, -0.15) is 0 Å². The summed E-state index contributed by atoms with van der Waals surface area (Å²) < 4.78 is 0. The summed E-state index contributed by atoms with van der Waals surface area (Å²) in [5.74, 6) is 0.177. The van der Waals surface area contributed by atoms with Crippen molar-refractivity contribution in [2.75, 3.05) is 4.90 Å². The summed E-state index contributed by atoms with van der Waals surface area (Å²) in [4.78, 5) is 2.55. The maximum atomic E-state index is 2.56. The van der Waals surface area contributed by atoms with Crippen molar-refractivity contribution in [2.45, 2.75) is 76.0 Å². The summed E-state index contributed by atoms with van der Waals surface area (Å²) in [5.41, 5.74) is 32.5. The average Bonchev–Trinajstić information content (AvgIpc) is 4.11. The quantitative estimate of drug-likeness (QED) is 0.166. The van der Waals surface area contributed by atoms with Crippen LogP contribution in [0.5, 0.6) is 0 Å². The highest BCUT2D eigenvalue weighted by molar-refractivity contribution is 5.97. The van der Waals surface area contributed by atoms with E-state index in [0.717, 1.165) is 5.69 Å². The molecule has 0 aliphatic heterocycles. The Kier molecular flexibility index (Phi) is 8.52. The molecular weight excluding hydrogens is 879 g/mol. The molecule has 5 aliphatic carbocycles. The van der Waals surface area contributed by atoms with Crippen molar-refractivity contribution in [3.63, 3.8) is 0 Å². The van der Waals surface area contributed by atoms with Gasteiger partial charge in [-0.05, 0) is 159 Å². The van der Waals surface area contributed by atoms with Crippen LogP contribution >= 0.6 is 0 Å². The number of hydrogen-bond donors (Lipinski definition) is 0. The molecule has 0 aromatic heterocycles. The maximum Gasteiger partial charge on any atom is 0.0725 e. The van der Waals surface area contributed by atoms with Crippen LogP contribution in [0.25, 0.3) is 55.6 Å². The summed E-state index contributed by atoms with van der Waals surface area (Å²) in [6, 6.07) is 82.0. The Morgan fingerprint density at radius 3 is 1.04 bits per heavy atom. The zero-order chi connectivity index (χ0) is 49.3. The minimum Gasteiger partial charge on any atom is -0.310 e. The third-order valence-corrected chi connectivity index (χ3v) is 18.6. The van der Waals surface area contributed by atoms with Crippen molar-refractivity contribution in [1.82, 2.24) is 0 Å². The molecule has 15 rings (SSSR count). The first-order chi connectivity index (χ1) is 35.4. The molecule has 10 aromatic carbocycles. The zero-order valence-corrected chi connectivity index (χ0v) is 42.7. The smallest absolute Gasteiger partial charge is 0.0725 e. The van der Waals surface area contributed by atoms with Gasteiger partial charge >= 0.3 is 0 Å². The van der Waals surface area contributed by atoms with Crippen molar-refractivity contribution in [3.8, 4) is 55.6 Å². The Labute approximate surface area is 430 Å². The first-order valence-electron chi connectivity index (χ1n) is 26.4. The largest absolute Gasteiger partial charge is 0.310 e. The van der Waals surface area contributed by atoms with Crippen LogP contribution in [0, 0.1) is 0 Å². The molecule has 0 saturated heterocycles. The van der Waals surface area contributed by atoms with Crippen molar-refractivity contribution in [2.24, 2.45) is 0 Å². The molecule has 0 N–H and O–H groups in total. The Balaban J connectivity index is 0.946. The summed E-state index contributed by atoms with van der Waals surface area (Å²) in [6.45, 7) is 16.8. The van der Waals surface area contributed by atoms with Gasteiger partial charge in [0.25, 0.3) is 0 Å². The predicted octanol–water partition coefficient (Wildman–Crippen LogP) is 18.6. The van der Waals surface area contributed by atoms with Gasteiger partial charge in [-0.3, -0.25) is 0 Å². The van der Waals surface area contributed by atoms with Gasteiger partial charge in [0, 0.05) is 39.2 Å². The van der Waals surface area contributed by atoms with Gasteiger partial charge in [0.15, 0.2) is 0 Å². The van der Waals surface area contributed by atoms with E-state index < -0.39 is 5.41 Å². The van der Waals surface area contributed by atoms with Crippen molar-refractivity contribution in [1.29, 1.82) is 0 Å². The Bertz CT molecular complexity index is 3890. The fourth-order valence-corrected chi connectivity index (χ4v) is 14.9. The normalized spacial score (nSPS) is 16.5. The Morgan fingerprint density at radius 1 is 0.260 bits per heavy atom. The highest BCUT2D eigenvalue weighted by Gasteiger charge is 2.52. The molecule has 1 atom stereocenters. The van der Waals surface area contributed by atoms with Gasteiger partial charge in [0.05, 0.1) is 5.41 Å². The van der Waals surface area contributed by atoms with Crippen LogP contribution in [-0.4, -0.2) is 0 Å². The molecule has 0 heterocycles. The molecule has 1 nitrogen and oxygen atoms in total. The van der Waals surface area contributed by atoms with E-state index in [1.54, 1.807) is 0 Å². The van der Waals surface area contributed by atoms with E-state index in [1.807, 2.05) is 0 Å². The van der Waals surface area contributed by atoms with E-state index in [-0.39, 0.29) is 22.2 Å². The minimum absolute atomic E-state index is 0.0619.